The molecule has 27 heavy (non-hydrogen) atoms. The van der Waals surface area contributed by atoms with Crippen LogP contribution in [0.25, 0.3) is 10.9 Å². The maximum atomic E-state index is 12.9. The molecule has 1 aliphatic rings. The minimum Gasteiger partial charge on any atom is -0.341 e. The molecular formula is C22H23N3O2. The molecule has 1 aromatic heterocycles. The summed E-state index contributed by atoms with van der Waals surface area (Å²) in [6, 6.07) is 17.6. The number of nitrogens with zero attached hydrogens (tertiary/aromatic N) is 3. The number of carbonyl (C=O) groups is 1. The molecule has 0 radical (unpaired) electrons. The number of carbonyl (C=O) groups excluding carboxylic acids is 1. The molecule has 0 N–H and O–H groups in total. The van der Waals surface area contributed by atoms with E-state index < -0.39 is 0 Å². The monoisotopic (exact) mass is 361 g/mol. The first-order valence-electron chi connectivity index (χ1n) is 9.41. The van der Waals surface area contributed by atoms with Crippen molar-refractivity contribution in [2.45, 2.75) is 38.3 Å². The maximum absolute atomic E-state index is 12.9. The van der Waals surface area contributed by atoms with Crippen LogP contribution in [-0.2, 0) is 17.8 Å². The van der Waals surface area contributed by atoms with Gasteiger partial charge in [0.2, 0.25) is 5.91 Å². The van der Waals surface area contributed by atoms with Gasteiger partial charge in [-0.15, -0.1) is 0 Å². The van der Waals surface area contributed by atoms with Gasteiger partial charge < -0.3 is 4.90 Å². The van der Waals surface area contributed by atoms with E-state index in [1.807, 2.05) is 66.2 Å². The number of fused-ring (bicyclic) bond motifs is 1. The second-order valence-corrected chi connectivity index (χ2v) is 7.19. The molecule has 5 heteroatoms. The van der Waals surface area contributed by atoms with E-state index in [0.29, 0.717) is 30.3 Å². The van der Waals surface area contributed by atoms with Crippen molar-refractivity contribution in [1.82, 2.24) is 14.5 Å². The topological polar surface area (TPSA) is 55.2 Å². The van der Waals surface area contributed by atoms with Crippen molar-refractivity contribution in [2.75, 3.05) is 7.05 Å². The Hall–Kier alpha value is -2.95. The molecule has 0 atom stereocenters. The lowest BCUT2D eigenvalue weighted by molar-refractivity contribution is -0.130. The SMILES string of the molecule is CN(Cc1ccccc1)C(=O)CCc1nc2ccccc2c(=O)n1C1CC1. The van der Waals surface area contributed by atoms with E-state index in [9.17, 15) is 9.59 Å². The molecule has 2 aromatic carbocycles. The third-order valence-electron chi connectivity index (χ3n) is 5.04. The number of hydrogen-bond acceptors (Lipinski definition) is 3. The number of aryl methyl sites for hydroxylation is 1. The van der Waals surface area contributed by atoms with Crippen molar-refractivity contribution >= 4 is 16.8 Å². The van der Waals surface area contributed by atoms with Gasteiger partial charge in [0.1, 0.15) is 5.82 Å². The van der Waals surface area contributed by atoms with E-state index in [-0.39, 0.29) is 17.5 Å². The van der Waals surface area contributed by atoms with Crippen LogP contribution >= 0.6 is 0 Å². The first-order valence-corrected chi connectivity index (χ1v) is 9.41. The van der Waals surface area contributed by atoms with Crippen LogP contribution in [0.4, 0.5) is 0 Å². The van der Waals surface area contributed by atoms with Gasteiger partial charge in [-0.2, -0.15) is 0 Å². The zero-order valence-electron chi connectivity index (χ0n) is 15.5. The van der Waals surface area contributed by atoms with Crippen LogP contribution in [-0.4, -0.2) is 27.4 Å². The average Bonchev–Trinajstić information content (AvgIpc) is 3.52. The molecule has 0 aliphatic heterocycles. The molecule has 138 valence electrons. The average molecular weight is 361 g/mol. The van der Waals surface area contributed by atoms with Crippen LogP contribution in [0.15, 0.2) is 59.4 Å². The first-order chi connectivity index (χ1) is 13.1. The summed E-state index contributed by atoms with van der Waals surface area (Å²) in [5.41, 5.74) is 1.83. The third kappa shape index (κ3) is 3.77. The fourth-order valence-electron chi connectivity index (χ4n) is 3.43. The number of aromatic nitrogens is 2. The van der Waals surface area contributed by atoms with Crippen LogP contribution < -0.4 is 5.56 Å². The molecule has 0 bridgehead atoms. The lowest BCUT2D eigenvalue weighted by atomic mass is 10.2. The van der Waals surface area contributed by atoms with Crippen LogP contribution in [0.3, 0.4) is 0 Å². The molecule has 1 amide bonds. The molecule has 1 heterocycles. The summed E-state index contributed by atoms with van der Waals surface area (Å²) in [6.45, 7) is 0.584. The summed E-state index contributed by atoms with van der Waals surface area (Å²) in [5.74, 6) is 0.784. The fraction of sp³-hybridized carbons (Fsp3) is 0.318. The molecule has 1 aliphatic carbocycles. The van der Waals surface area contributed by atoms with Gasteiger partial charge in [-0.1, -0.05) is 42.5 Å². The number of benzene rings is 2. The molecule has 1 fully saturated rings. The van der Waals surface area contributed by atoms with Gasteiger partial charge in [-0.3, -0.25) is 14.2 Å². The Labute approximate surface area is 158 Å². The van der Waals surface area contributed by atoms with Gasteiger partial charge in [0, 0.05) is 32.5 Å². The zero-order chi connectivity index (χ0) is 18.8. The van der Waals surface area contributed by atoms with Crippen LogP contribution in [0.1, 0.15) is 36.7 Å². The van der Waals surface area contributed by atoms with Crippen molar-refractivity contribution in [3.05, 3.63) is 76.3 Å². The second-order valence-electron chi connectivity index (χ2n) is 7.19. The zero-order valence-corrected chi connectivity index (χ0v) is 15.5. The van der Waals surface area contributed by atoms with Gasteiger partial charge in [0.05, 0.1) is 10.9 Å². The Balaban J connectivity index is 1.52. The van der Waals surface area contributed by atoms with Gasteiger partial charge in [0.25, 0.3) is 5.56 Å². The highest BCUT2D eigenvalue weighted by Crippen LogP contribution is 2.34. The quantitative estimate of drug-likeness (QED) is 0.677. The minimum atomic E-state index is 0.0168. The Morgan fingerprint density at radius 2 is 1.81 bits per heavy atom. The van der Waals surface area contributed by atoms with Gasteiger partial charge in [-0.25, -0.2) is 4.98 Å². The molecule has 1 saturated carbocycles. The smallest absolute Gasteiger partial charge is 0.261 e. The minimum absolute atomic E-state index is 0.0168. The molecule has 3 aromatic rings. The van der Waals surface area contributed by atoms with Gasteiger partial charge >= 0.3 is 0 Å². The highest BCUT2D eigenvalue weighted by molar-refractivity contribution is 5.78. The van der Waals surface area contributed by atoms with E-state index in [1.165, 1.54) is 0 Å². The fourth-order valence-corrected chi connectivity index (χ4v) is 3.43. The van der Waals surface area contributed by atoms with E-state index in [2.05, 4.69) is 0 Å². The van der Waals surface area contributed by atoms with Crippen molar-refractivity contribution in [2.24, 2.45) is 0 Å². The Morgan fingerprint density at radius 3 is 2.56 bits per heavy atom. The number of rotatable bonds is 6. The lowest BCUT2D eigenvalue weighted by Gasteiger charge is -2.18. The normalized spacial score (nSPS) is 13.7. The van der Waals surface area contributed by atoms with E-state index in [0.717, 1.165) is 24.2 Å². The summed E-state index contributed by atoms with van der Waals surface area (Å²) < 4.78 is 1.81. The Morgan fingerprint density at radius 1 is 1.11 bits per heavy atom. The summed E-state index contributed by atoms with van der Waals surface area (Å²) in [6.07, 6.45) is 2.85. The van der Waals surface area contributed by atoms with E-state index in [1.54, 1.807) is 4.90 Å². The highest BCUT2D eigenvalue weighted by atomic mass is 16.2. The summed E-state index contributed by atoms with van der Waals surface area (Å²) in [4.78, 5) is 31.9. The summed E-state index contributed by atoms with van der Waals surface area (Å²) in [7, 11) is 1.82. The molecule has 4 rings (SSSR count). The Bertz CT molecular complexity index is 1020. The molecule has 0 unspecified atom stereocenters. The maximum Gasteiger partial charge on any atom is 0.261 e. The van der Waals surface area contributed by atoms with E-state index in [4.69, 9.17) is 4.98 Å². The predicted octanol–water partition coefficient (Wildman–Crippen LogP) is 3.32. The van der Waals surface area contributed by atoms with E-state index >= 15 is 0 Å². The largest absolute Gasteiger partial charge is 0.341 e. The highest BCUT2D eigenvalue weighted by Gasteiger charge is 2.28. The van der Waals surface area contributed by atoms with Crippen molar-refractivity contribution in [3.63, 3.8) is 0 Å². The number of hydrogen-bond donors (Lipinski definition) is 0. The predicted molar refractivity (Wildman–Crippen MR) is 106 cm³/mol. The Kier molecular flexibility index (Phi) is 4.75. The number of amides is 1. The van der Waals surface area contributed by atoms with Gasteiger partial charge in [0.15, 0.2) is 0 Å². The molecule has 0 saturated heterocycles. The van der Waals surface area contributed by atoms with Crippen molar-refractivity contribution in [3.8, 4) is 0 Å². The van der Waals surface area contributed by atoms with Crippen LogP contribution in [0.5, 0.6) is 0 Å². The number of para-hydroxylation sites is 1. The van der Waals surface area contributed by atoms with Crippen LogP contribution in [0.2, 0.25) is 0 Å². The lowest BCUT2D eigenvalue weighted by Crippen LogP contribution is -2.28. The van der Waals surface area contributed by atoms with Crippen molar-refractivity contribution < 1.29 is 4.79 Å². The molecule has 0 spiro atoms. The summed E-state index contributed by atoms with van der Waals surface area (Å²) >= 11 is 0. The molecule has 5 nitrogen and oxygen atoms in total. The summed E-state index contributed by atoms with van der Waals surface area (Å²) in [5, 5.41) is 0.653. The second kappa shape index (κ2) is 7.35. The van der Waals surface area contributed by atoms with Crippen LogP contribution in [0, 0.1) is 0 Å². The van der Waals surface area contributed by atoms with Gasteiger partial charge in [-0.05, 0) is 30.5 Å². The molecular weight excluding hydrogens is 338 g/mol. The third-order valence-corrected chi connectivity index (χ3v) is 5.04. The standard InChI is InChI=1S/C22H23N3O2/c1-24(15-16-7-3-2-4-8-16)21(26)14-13-20-23-19-10-6-5-9-18(19)22(27)25(20)17-11-12-17/h2-10,17H,11-15H2,1H3. The first kappa shape index (κ1) is 17.5. The van der Waals surface area contributed by atoms with Crippen molar-refractivity contribution in [1.29, 1.82) is 0 Å².